The van der Waals surface area contributed by atoms with Gasteiger partial charge >= 0.3 is 6.18 Å². The smallest absolute Gasteiger partial charge is 0.417 e. The number of phenols is 1. The fourth-order valence-electron chi connectivity index (χ4n) is 2.31. The van der Waals surface area contributed by atoms with Crippen molar-refractivity contribution in [1.29, 1.82) is 0 Å². The molecule has 130 valence electrons. The summed E-state index contributed by atoms with van der Waals surface area (Å²) < 4.78 is 44.6. The number of ether oxygens (including phenoxy) is 1. The molecule has 3 aromatic rings. The van der Waals surface area contributed by atoms with Gasteiger partial charge in [0.15, 0.2) is 23.1 Å². The van der Waals surface area contributed by atoms with Crippen LogP contribution in [0.2, 0.25) is 0 Å². The van der Waals surface area contributed by atoms with Crippen LogP contribution < -0.4 is 4.74 Å². The second-order valence-corrected chi connectivity index (χ2v) is 5.01. The van der Waals surface area contributed by atoms with Gasteiger partial charge in [0, 0.05) is 12.4 Å². The summed E-state index contributed by atoms with van der Waals surface area (Å²) in [6.45, 7) is 2.11. The number of nitrogens with one attached hydrogen (secondary N) is 1. The Morgan fingerprint density at radius 3 is 2.72 bits per heavy atom. The Morgan fingerprint density at radius 1 is 1.20 bits per heavy atom. The van der Waals surface area contributed by atoms with Gasteiger partial charge in [-0.25, -0.2) is 4.98 Å². The Balaban J connectivity index is 2.04. The molecule has 0 aliphatic carbocycles. The Bertz CT molecular complexity index is 893. The van der Waals surface area contributed by atoms with E-state index in [-0.39, 0.29) is 34.3 Å². The van der Waals surface area contributed by atoms with Crippen LogP contribution in [0.1, 0.15) is 12.5 Å². The van der Waals surface area contributed by atoms with Crippen LogP contribution in [-0.4, -0.2) is 31.9 Å². The molecule has 0 saturated carbocycles. The van der Waals surface area contributed by atoms with Gasteiger partial charge in [0.2, 0.25) is 0 Å². The number of H-pyrrole nitrogens is 1. The van der Waals surface area contributed by atoms with Gasteiger partial charge in [0.1, 0.15) is 0 Å². The third kappa shape index (κ3) is 3.25. The number of pyridine rings is 1. The molecule has 0 atom stereocenters. The summed E-state index contributed by atoms with van der Waals surface area (Å²) in [7, 11) is 0. The van der Waals surface area contributed by atoms with E-state index in [0.717, 1.165) is 18.5 Å². The van der Waals surface area contributed by atoms with Crippen molar-refractivity contribution in [2.75, 3.05) is 6.61 Å². The van der Waals surface area contributed by atoms with Gasteiger partial charge in [-0.1, -0.05) is 6.07 Å². The van der Waals surface area contributed by atoms with Gasteiger partial charge in [-0.15, -0.1) is 0 Å². The summed E-state index contributed by atoms with van der Waals surface area (Å²) in [5.41, 5.74) is -0.875. The van der Waals surface area contributed by atoms with Crippen LogP contribution in [0.3, 0.4) is 0 Å². The molecule has 1 aromatic carbocycles. The molecule has 0 aliphatic rings. The number of hydrogen-bond donors (Lipinski definition) is 2. The van der Waals surface area contributed by atoms with Crippen molar-refractivity contribution < 1.29 is 23.0 Å². The minimum absolute atomic E-state index is 0.117. The van der Waals surface area contributed by atoms with Crippen molar-refractivity contribution in [3.63, 3.8) is 0 Å². The number of rotatable bonds is 4. The first-order valence-electron chi connectivity index (χ1n) is 7.31. The van der Waals surface area contributed by atoms with E-state index in [4.69, 9.17) is 4.74 Å². The molecule has 2 heterocycles. The topological polar surface area (TPSA) is 83.9 Å². The van der Waals surface area contributed by atoms with Gasteiger partial charge in [0.05, 0.1) is 23.3 Å². The maximum atomic E-state index is 13.1. The van der Waals surface area contributed by atoms with Gasteiger partial charge < -0.3 is 9.84 Å². The van der Waals surface area contributed by atoms with Crippen LogP contribution in [0.25, 0.3) is 22.8 Å². The molecular formula is C16H13F3N4O2. The summed E-state index contributed by atoms with van der Waals surface area (Å²) >= 11 is 0. The summed E-state index contributed by atoms with van der Waals surface area (Å²) in [5, 5.41) is 16.6. The van der Waals surface area contributed by atoms with E-state index in [1.807, 2.05) is 0 Å². The largest absolute Gasteiger partial charge is 0.504 e. The van der Waals surface area contributed by atoms with Gasteiger partial charge in [-0.2, -0.15) is 18.3 Å². The number of nitrogens with zero attached hydrogens (tertiary/aromatic N) is 3. The molecular weight excluding hydrogens is 337 g/mol. The molecule has 0 spiro atoms. The summed E-state index contributed by atoms with van der Waals surface area (Å²) in [6, 6.07) is 5.62. The van der Waals surface area contributed by atoms with Crippen molar-refractivity contribution in [1.82, 2.24) is 20.2 Å². The van der Waals surface area contributed by atoms with Crippen molar-refractivity contribution in [2.24, 2.45) is 0 Å². The normalized spacial score (nSPS) is 11.5. The molecule has 0 radical (unpaired) electrons. The van der Waals surface area contributed by atoms with Crippen LogP contribution in [0.15, 0.2) is 36.7 Å². The number of benzene rings is 1. The molecule has 6 nitrogen and oxygen atoms in total. The lowest BCUT2D eigenvalue weighted by Crippen LogP contribution is -2.07. The fraction of sp³-hybridized carbons (Fsp3) is 0.188. The molecule has 0 aliphatic heterocycles. The minimum Gasteiger partial charge on any atom is -0.504 e. The second kappa shape index (κ2) is 6.42. The molecule has 3 rings (SSSR count). The van der Waals surface area contributed by atoms with E-state index >= 15 is 0 Å². The Morgan fingerprint density at radius 2 is 2.00 bits per heavy atom. The minimum atomic E-state index is -4.56. The van der Waals surface area contributed by atoms with Crippen LogP contribution in [0.5, 0.6) is 11.5 Å². The van der Waals surface area contributed by atoms with Gasteiger partial charge in [-0.05, 0) is 25.1 Å². The quantitative estimate of drug-likeness (QED) is 0.750. The molecule has 0 saturated heterocycles. The highest BCUT2D eigenvalue weighted by atomic mass is 19.4. The summed E-state index contributed by atoms with van der Waals surface area (Å²) in [4.78, 5) is 7.77. The molecule has 0 amide bonds. The third-order valence-corrected chi connectivity index (χ3v) is 3.41. The molecule has 2 aromatic heterocycles. The molecule has 9 heteroatoms. The average molecular weight is 350 g/mol. The molecule has 2 N–H and O–H groups in total. The maximum absolute atomic E-state index is 13.1. The van der Waals surface area contributed by atoms with Crippen molar-refractivity contribution in [2.45, 2.75) is 13.1 Å². The predicted molar refractivity (Wildman–Crippen MR) is 82.9 cm³/mol. The number of phenolic OH excluding ortho intramolecular Hbond substituents is 1. The molecule has 0 bridgehead atoms. The highest BCUT2D eigenvalue weighted by Crippen LogP contribution is 2.38. The lowest BCUT2D eigenvalue weighted by molar-refractivity contribution is -0.137. The Hall–Kier alpha value is -3.10. The Kier molecular flexibility index (Phi) is 4.30. The molecule has 0 unspecified atom stereocenters. The second-order valence-electron chi connectivity index (χ2n) is 5.01. The van der Waals surface area contributed by atoms with Crippen LogP contribution in [-0.2, 0) is 6.18 Å². The van der Waals surface area contributed by atoms with E-state index in [0.29, 0.717) is 6.61 Å². The zero-order valence-corrected chi connectivity index (χ0v) is 13.0. The van der Waals surface area contributed by atoms with Gasteiger partial charge in [0.25, 0.3) is 0 Å². The molecule has 25 heavy (non-hydrogen) atoms. The number of aromatic nitrogens is 4. The maximum Gasteiger partial charge on any atom is 0.417 e. The first-order valence-corrected chi connectivity index (χ1v) is 7.31. The van der Waals surface area contributed by atoms with Crippen molar-refractivity contribution >= 4 is 0 Å². The number of para-hydroxylation sites is 1. The zero-order valence-electron chi connectivity index (χ0n) is 13.0. The third-order valence-electron chi connectivity index (χ3n) is 3.41. The highest BCUT2D eigenvalue weighted by Gasteiger charge is 2.34. The number of aromatic hydroxyl groups is 1. The van der Waals surface area contributed by atoms with Crippen LogP contribution in [0.4, 0.5) is 13.2 Å². The van der Waals surface area contributed by atoms with Crippen molar-refractivity contribution in [3.8, 4) is 34.3 Å². The number of alkyl halides is 3. The number of halogens is 3. The Labute approximate surface area is 140 Å². The SMILES string of the molecule is CCOc1cccc(-c2nc(-c3cnccc3C(F)(F)F)n[nH]2)c1O. The van der Waals surface area contributed by atoms with E-state index in [1.165, 1.54) is 0 Å². The standard InChI is InChI=1S/C16H13F3N4O2/c1-2-25-12-5-3-4-9(13(12)24)14-21-15(23-22-14)10-8-20-7-6-11(10)16(17,18)19/h3-8,24H,2H2,1H3,(H,21,22,23). The van der Waals surface area contributed by atoms with Crippen LogP contribution in [0, 0.1) is 0 Å². The van der Waals surface area contributed by atoms with Crippen molar-refractivity contribution in [3.05, 3.63) is 42.2 Å². The first kappa shape index (κ1) is 16.7. The van der Waals surface area contributed by atoms with Gasteiger partial charge in [-0.3, -0.25) is 10.1 Å². The lowest BCUT2D eigenvalue weighted by atomic mass is 10.1. The highest BCUT2D eigenvalue weighted by molar-refractivity contribution is 5.70. The summed E-state index contributed by atoms with van der Waals surface area (Å²) in [5.74, 6) is 0.0206. The fourth-order valence-corrected chi connectivity index (χ4v) is 2.31. The summed E-state index contributed by atoms with van der Waals surface area (Å²) in [6.07, 6.45) is -2.46. The number of hydrogen-bond acceptors (Lipinski definition) is 5. The number of aromatic amines is 1. The lowest BCUT2D eigenvalue weighted by Gasteiger charge is -2.09. The monoisotopic (exact) mass is 350 g/mol. The average Bonchev–Trinajstić information content (AvgIpc) is 3.06. The van der Waals surface area contributed by atoms with E-state index in [2.05, 4.69) is 20.2 Å². The van der Waals surface area contributed by atoms with E-state index in [9.17, 15) is 18.3 Å². The van der Waals surface area contributed by atoms with Crippen LogP contribution >= 0.6 is 0 Å². The zero-order chi connectivity index (χ0) is 18.0. The molecule has 0 fully saturated rings. The van der Waals surface area contributed by atoms with E-state index in [1.54, 1.807) is 25.1 Å². The predicted octanol–water partition coefficient (Wildman–Crippen LogP) is 3.66. The first-order chi connectivity index (χ1) is 11.9. The van der Waals surface area contributed by atoms with E-state index < -0.39 is 11.7 Å².